The summed E-state index contributed by atoms with van der Waals surface area (Å²) in [6, 6.07) is 12.0. The van der Waals surface area contributed by atoms with Gasteiger partial charge in [0.15, 0.2) is 0 Å². The molecule has 2 rings (SSSR count). The Labute approximate surface area is 127 Å². The predicted molar refractivity (Wildman–Crippen MR) is 83.0 cm³/mol. The summed E-state index contributed by atoms with van der Waals surface area (Å²) in [6.45, 7) is 2.67. The molecule has 0 unspecified atom stereocenters. The van der Waals surface area contributed by atoms with E-state index in [0.717, 1.165) is 0 Å². The number of nitro benzene ring substituents is 1. The van der Waals surface area contributed by atoms with E-state index < -0.39 is 4.92 Å². The Hall–Kier alpha value is -2.27. The molecule has 0 saturated carbocycles. The second kappa shape index (κ2) is 6.95. The van der Waals surface area contributed by atoms with Gasteiger partial charge in [-0.1, -0.05) is 35.9 Å². The molecule has 0 saturated heterocycles. The van der Waals surface area contributed by atoms with Crippen LogP contribution in [-0.4, -0.2) is 11.5 Å². The predicted octanol–water partition coefficient (Wildman–Crippen LogP) is 4.26. The number of rotatable bonds is 6. The Morgan fingerprint density at radius 2 is 2.00 bits per heavy atom. The van der Waals surface area contributed by atoms with Crippen LogP contribution in [0.1, 0.15) is 12.5 Å². The molecule has 2 aromatic carbocycles. The Kier molecular flexibility index (Phi) is 5.00. The maximum absolute atomic E-state index is 11.1. The highest BCUT2D eigenvalue weighted by atomic mass is 35.5. The number of nitrogens with one attached hydrogen (secondary N) is 1. The van der Waals surface area contributed by atoms with Gasteiger partial charge in [0.1, 0.15) is 18.0 Å². The summed E-state index contributed by atoms with van der Waals surface area (Å²) in [7, 11) is 0. The van der Waals surface area contributed by atoms with Crippen LogP contribution in [0.3, 0.4) is 0 Å². The van der Waals surface area contributed by atoms with Crippen LogP contribution in [0, 0.1) is 10.1 Å². The molecule has 110 valence electrons. The lowest BCUT2D eigenvalue weighted by atomic mass is 10.1. The first-order chi connectivity index (χ1) is 10.1. The fraction of sp³-hybridized carbons (Fsp3) is 0.200. The molecule has 0 bridgehead atoms. The van der Waals surface area contributed by atoms with Gasteiger partial charge < -0.3 is 10.1 Å². The van der Waals surface area contributed by atoms with E-state index >= 15 is 0 Å². The minimum atomic E-state index is -0.406. The van der Waals surface area contributed by atoms with Crippen molar-refractivity contribution >= 4 is 23.0 Å². The van der Waals surface area contributed by atoms with Crippen molar-refractivity contribution in [2.45, 2.75) is 13.5 Å². The summed E-state index contributed by atoms with van der Waals surface area (Å²) < 4.78 is 5.65. The van der Waals surface area contributed by atoms with E-state index in [9.17, 15) is 10.1 Å². The topological polar surface area (TPSA) is 64.4 Å². The molecular weight excluding hydrogens is 292 g/mol. The van der Waals surface area contributed by atoms with E-state index in [2.05, 4.69) is 5.32 Å². The molecule has 1 N–H and O–H groups in total. The summed E-state index contributed by atoms with van der Waals surface area (Å²) in [4.78, 5) is 10.7. The lowest BCUT2D eigenvalue weighted by Gasteiger charge is -2.13. The largest absolute Gasteiger partial charge is 0.487 e. The molecule has 5 nitrogen and oxygen atoms in total. The van der Waals surface area contributed by atoms with Crippen LogP contribution < -0.4 is 10.1 Å². The molecule has 0 fully saturated rings. The second-order valence-electron chi connectivity index (χ2n) is 4.32. The molecule has 2 aromatic rings. The van der Waals surface area contributed by atoms with Crippen LogP contribution in [0.15, 0.2) is 42.5 Å². The summed E-state index contributed by atoms with van der Waals surface area (Å²) in [6.07, 6.45) is 0. The van der Waals surface area contributed by atoms with Crippen molar-refractivity contribution < 1.29 is 9.66 Å². The average Bonchev–Trinajstić information content (AvgIpc) is 2.47. The lowest BCUT2D eigenvalue weighted by Crippen LogP contribution is -2.07. The van der Waals surface area contributed by atoms with E-state index in [0.29, 0.717) is 28.6 Å². The van der Waals surface area contributed by atoms with Gasteiger partial charge in [-0.15, -0.1) is 0 Å². The standard InChI is InChI=1S/C15H15ClN2O3/c1-2-17-15-11(6-5-8-13(15)18(19)20)10-21-14-9-4-3-7-12(14)16/h3-9,17H,2,10H2,1H3. The van der Waals surface area contributed by atoms with Crippen LogP contribution in [0.25, 0.3) is 0 Å². The third-order valence-electron chi connectivity index (χ3n) is 2.90. The van der Waals surface area contributed by atoms with Gasteiger partial charge in [-0.05, 0) is 19.1 Å². The third kappa shape index (κ3) is 3.64. The summed E-state index contributed by atoms with van der Waals surface area (Å²) >= 11 is 6.02. The van der Waals surface area contributed by atoms with Crippen molar-refractivity contribution in [1.82, 2.24) is 0 Å². The van der Waals surface area contributed by atoms with Crippen molar-refractivity contribution in [3.05, 3.63) is 63.2 Å². The number of hydrogen-bond donors (Lipinski definition) is 1. The highest BCUT2D eigenvalue weighted by Gasteiger charge is 2.17. The molecule has 0 atom stereocenters. The molecular formula is C15H15ClN2O3. The fourth-order valence-corrected chi connectivity index (χ4v) is 2.15. The molecule has 6 heteroatoms. The first-order valence-corrected chi connectivity index (χ1v) is 6.88. The zero-order chi connectivity index (χ0) is 15.2. The smallest absolute Gasteiger partial charge is 0.292 e. The Morgan fingerprint density at radius 1 is 1.24 bits per heavy atom. The summed E-state index contributed by atoms with van der Waals surface area (Å²) in [5.74, 6) is 0.549. The maximum Gasteiger partial charge on any atom is 0.292 e. The Morgan fingerprint density at radius 3 is 2.67 bits per heavy atom. The van der Waals surface area contributed by atoms with Crippen LogP contribution in [0.2, 0.25) is 5.02 Å². The number of halogens is 1. The van der Waals surface area contributed by atoms with E-state index in [1.54, 1.807) is 24.3 Å². The van der Waals surface area contributed by atoms with Gasteiger partial charge in [0.25, 0.3) is 5.69 Å². The molecule has 0 aliphatic carbocycles. The van der Waals surface area contributed by atoms with Crippen LogP contribution in [0.4, 0.5) is 11.4 Å². The normalized spacial score (nSPS) is 10.2. The fourth-order valence-electron chi connectivity index (χ4n) is 1.96. The number of nitrogens with zero attached hydrogens (tertiary/aromatic N) is 1. The molecule has 0 amide bonds. The second-order valence-corrected chi connectivity index (χ2v) is 4.72. The SMILES string of the molecule is CCNc1c(COc2ccccc2Cl)cccc1[N+](=O)[O-]. The Balaban J connectivity index is 2.25. The summed E-state index contributed by atoms with van der Waals surface area (Å²) in [5.41, 5.74) is 1.24. The quantitative estimate of drug-likeness (QED) is 0.640. The molecule has 0 aliphatic heterocycles. The van der Waals surface area contributed by atoms with E-state index in [1.165, 1.54) is 6.07 Å². The van der Waals surface area contributed by atoms with Crippen molar-refractivity contribution in [2.24, 2.45) is 0 Å². The number of ether oxygens (including phenoxy) is 1. The molecule has 0 heterocycles. The van der Waals surface area contributed by atoms with Crippen LogP contribution in [0.5, 0.6) is 5.75 Å². The van der Waals surface area contributed by atoms with Gasteiger partial charge in [-0.3, -0.25) is 10.1 Å². The van der Waals surface area contributed by atoms with Crippen molar-refractivity contribution in [2.75, 3.05) is 11.9 Å². The summed E-state index contributed by atoms with van der Waals surface area (Å²) in [5, 5.41) is 14.6. The Bertz CT molecular complexity index is 647. The number of hydrogen-bond acceptors (Lipinski definition) is 4. The molecule has 0 radical (unpaired) electrons. The van der Waals surface area contributed by atoms with E-state index in [1.807, 2.05) is 19.1 Å². The highest BCUT2D eigenvalue weighted by molar-refractivity contribution is 6.32. The van der Waals surface area contributed by atoms with Crippen molar-refractivity contribution in [3.63, 3.8) is 0 Å². The minimum Gasteiger partial charge on any atom is -0.487 e. The number of para-hydroxylation sites is 2. The van der Waals surface area contributed by atoms with Crippen molar-refractivity contribution in [3.8, 4) is 5.75 Å². The van der Waals surface area contributed by atoms with E-state index in [-0.39, 0.29) is 12.3 Å². The molecule has 0 spiro atoms. The van der Waals surface area contributed by atoms with Crippen LogP contribution in [-0.2, 0) is 6.61 Å². The van der Waals surface area contributed by atoms with Crippen LogP contribution >= 0.6 is 11.6 Å². The highest BCUT2D eigenvalue weighted by Crippen LogP contribution is 2.30. The average molecular weight is 307 g/mol. The van der Waals surface area contributed by atoms with Gasteiger partial charge >= 0.3 is 0 Å². The van der Waals surface area contributed by atoms with Gasteiger partial charge in [-0.25, -0.2) is 0 Å². The number of nitro groups is 1. The number of benzene rings is 2. The molecule has 0 aliphatic rings. The zero-order valence-corrected chi connectivity index (χ0v) is 12.3. The molecule has 21 heavy (non-hydrogen) atoms. The van der Waals surface area contributed by atoms with Gasteiger partial charge in [0, 0.05) is 18.2 Å². The van der Waals surface area contributed by atoms with Crippen molar-refractivity contribution in [1.29, 1.82) is 0 Å². The first kappa shape index (κ1) is 15.1. The lowest BCUT2D eigenvalue weighted by molar-refractivity contribution is -0.384. The zero-order valence-electron chi connectivity index (χ0n) is 11.5. The van der Waals surface area contributed by atoms with E-state index in [4.69, 9.17) is 16.3 Å². The maximum atomic E-state index is 11.1. The monoisotopic (exact) mass is 306 g/mol. The van der Waals surface area contributed by atoms with Gasteiger partial charge in [0.05, 0.1) is 9.95 Å². The van der Waals surface area contributed by atoms with Gasteiger partial charge in [0.2, 0.25) is 0 Å². The number of anilines is 1. The third-order valence-corrected chi connectivity index (χ3v) is 3.21. The first-order valence-electron chi connectivity index (χ1n) is 6.51. The van der Waals surface area contributed by atoms with Gasteiger partial charge in [-0.2, -0.15) is 0 Å². The minimum absolute atomic E-state index is 0.0390. The molecule has 0 aromatic heterocycles.